The highest BCUT2D eigenvalue weighted by atomic mass is 32.2. The summed E-state index contributed by atoms with van der Waals surface area (Å²) >= 11 is 1.16. The van der Waals surface area contributed by atoms with Gasteiger partial charge in [0.15, 0.2) is 5.17 Å². The van der Waals surface area contributed by atoms with E-state index in [2.05, 4.69) is 28.1 Å². The summed E-state index contributed by atoms with van der Waals surface area (Å²) in [7, 11) is 0. The first-order chi connectivity index (χ1) is 11.2. The van der Waals surface area contributed by atoms with Crippen LogP contribution < -0.4 is 5.32 Å². The van der Waals surface area contributed by atoms with E-state index in [-0.39, 0.29) is 11.1 Å². The van der Waals surface area contributed by atoms with Crippen LogP contribution in [0.5, 0.6) is 0 Å². The molecule has 0 atom stereocenters. The maximum atomic E-state index is 11.9. The molecule has 1 aliphatic rings. The minimum Gasteiger partial charge on any atom is -0.316 e. The third kappa shape index (κ3) is 2.45. The first-order valence-corrected chi connectivity index (χ1v) is 7.99. The maximum absolute atomic E-state index is 11.9. The number of thioether (sulfide) groups is 1. The molecule has 0 aliphatic carbocycles. The van der Waals surface area contributed by atoms with E-state index >= 15 is 0 Å². The van der Waals surface area contributed by atoms with Crippen LogP contribution in [-0.4, -0.2) is 15.6 Å². The smallest absolute Gasteiger partial charge is 0.264 e. The van der Waals surface area contributed by atoms with E-state index < -0.39 is 0 Å². The predicted molar refractivity (Wildman–Crippen MR) is 94.7 cm³/mol. The zero-order chi connectivity index (χ0) is 15.8. The van der Waals surface area contributed by atoms with Gasteiger partial charge in [0.25, 0.3) is 5.91 Å². The number of nitrogens with zero attached hydrogens (tertiary/aromatic N) is 1. The fourth-order valence-electron chi connectivity index (χ4n) is 2.71. The lowest BCUT2D eigenvalue weighted by Crippen LogP contribution is -2.18. The molecule has 0 unspecified atom stereocenters. The van der Waals surface area contributed by atoms with Crippen molar-refractivity contribution in [1.82, 2.24) is 9.88 Å². The number of para-hydroxylation sites is 2. The third-order valence-corrected chi connectivity index (χ3v) is 4.56. The van der Waals surface area contributed by atoms with Crippen molar-refractivity contribution >= 4 is 39.8 Å². The first-order valence-electron chi connectivity index (χ1n) is 7.17. The Balaban J connectivity index is 1.90. The van der Waals surface area contributed by atoms with Gasteiger partial charge in [0.1, 0.15) is 0 Å². The van der Waals surface area contributed by atoms with E-state index in [0.717, 1.165) is 33.9 Å². The molecule has 112 valence electrons. The molecular formula is C18H13N3OS. The molecule has 2 N–H and O–H groups in total. The van der Waals surface area contributed by atoms with Crippen LogP contribution in [0.4, 0.5) is 0 Å². The lowest BCUT2D eigenvalue weighted by Gasteiger charge is -2.04. The molecule has 1 fully saturated rings. The monoisotopic (exact) mass is 319 g/mol. The molecule has 4 rings (SSSR count). The molecule has 3 aromatic rings. The van der Waals surface area contributed by atoms with Crippen molar-refractivity contribution in [3.05, 3.63) is 71.3 Å². The molecule has 0 saturated carbocycles. The number of amides is 1. The average Bonchev–Trinajstić information content (AvgIpc) is 3.09. The molecule has 2 aromatic carbocycles. The van der Waals surface area contributed by atoms with Crippen LogP contribution in [0.1, 0.15) is 5.56 Å². The Kier molecular flexibility index (Phi) is 3.28. The molecule has 0 bridgehead atoms. The molecular weight excluding hydrogens is 306 g/mol. The van der Waals surface area contributed by atoms with Gasteiger partial charge in [0.2, 0.25) is 0 Å². The van der Waals surface area contributed by atoms with Gasteiger partial charge in [-0.15, -0.1) is 0 Å². The number of rotatable bonds is 2. The lowest BCUT2D eigenvalue weighted by molar-refractivity contribution is -0.115. The lowest BCUT2D eigenvalue weighted by atomic mass is 10.1. The van der Waals surface area contributed by atoms with E-state index in [9.17, 15) is 4.79 Å². The standard InChI is InChI=1S/C18H13N3OS/c19-18-20-17(22)16(23-18)10-12-11-21(13-6-2-1-3-7-13)15-9-5-4-8-14(12)15/h1-11H,(H2,19,20,22). The summed E-state index contributed by atoms with van der Waals surface area (Å²) in [6.07, 6.45) is 3.88. The molecule has 23 heavy (non-hydrogen) atoms. The van der Waals surface area contributed by atoms with E-state index in [4.69, 9.17) is 5.41 Å². The van der Waals surface area contributed by atoms with Gasteiger partial charge in [0.05, 0.1) is 10.4 Å². The average molecular weight is 319 g/mol. The number of carbonyl (C=O) groups excluding carboxylic acids is 1. The molecule has 0 spiro atoms. The van der Waals surface area contributed by atoms with Gasteiger partial charge < -0.3 is 9.88 Å². The van der Waals surface area contributed by atoms with Crippen molar-refractivity contribution in [2.24, 2.45) is 0 Å². The first kappa shape index (κ1) is 13.8. The number of hydrogen-bond acceptors (Lipinski definition) is 3. The maximum Gasteiger partial charge on any atom is 0.264 e. The number of benzene rings is 2. The van der Waals surface area contributed by atoms with Gasteiger partial charge in [-0.05, 0) is 36.0 Å². The molecule has 1 aromatic heterocycles. The van der Waals surface area contributed by atoms with E-state index in [0.29, 0.717) is 4.91 Å². The Morgan fingerprint density at radius 2 is 1.78 bits per heavy atom. The fourth-order valence-corrected chi connectivity index (χ4v) is 3.40. The number of amidine groups is 1. The second-order valence-electron chi connectivity index (χ2n) is 5.20. The summed E-state index contributed by atoms with van der Waals surface area (Å²) in [6.45, 7) is 0. The summed E-state index contributed by atoms with van der Waals surface area (Å²) in [4.78, 5) is 12.4. The Morgan fingerprint density at radius 3 is 2.52 bits per heavy atom. The Morgan fingerprint density at radius 1 is 1.04 bits per heavy atom. The van der Waals surface area contributed by atoms with Gasteiger partial charge in [-0.1, -0.05) is 36.4 Å². The number of nitrogens with one attached hydrogen (secondary N) is 2. The number of aromatic nitrogens is 1. The molecule has 1 aliphatic heterocycles. The van der Waals surface area contributed by atoms with Crippen LogP contribution in [0.3, 0.4) is 0 Å². The zero-order valence-electron chi connectivity index (χ0n) is 12.1. The van der Waals surface area contributed by atoms with Crippen molar-refractivity contribution in [2.45, 2.75) is 0 Å². The summed E-state index contributed by atoms with van der Waals surface area (Å²) in [5.41, 5.74) is 3.13. The Bertz CT molecular complexity index is 957. The minimum absolute atomic E-state index is 0.174. The quantitative estimate of drug-likeness (QED) is 0.706. The molecule has 2 heterocycles. The number of hydrogen-bond donors (Lipinski definition) is 2. The van der Waals surface area contributed by atoms with Crippen LogP contribution >= 0.6 is 11.8 Å². The highest BCUT2D eigenvalue weighted by Gasteiger charge is 2.22. The van der Waals surface area contributed by atoms with Crippen LogP contribution in [0.15, 0.2) is 65.7 Å². The van der Waals surface area contributed by atoms with E-state index in [1.165, 1.54) is 0 Å². The van der Waals surface area contributed by atoms with Crippen molar-refractivity contribution in [1.29, 1.82) is 5.41 Å². The fraction of sp³-hybridized carbons (Fsp3) is 0. The van der Waals surface area contributed by atoms with Gasteiger partial charge in [0, 0.05) is 22.8 Å². The number of fused-ring (bicyclic) bond motifs is 1. The Hall–Kier alpha value is -2.79. The van der Waals surface area contributed by atoms with E-state index in [1.54, 1.807) is 0 Å². The molecule has 5 heteroatoms. The van der Waals surface area contributed by atoms with Gasteiger partial charge in [-0.3, -0.25) is 10.2 Å². The molecule has 0 radical (unpaired) electrons. The minimum atomic E-state index is -0.212. The van der Waals surface area contributed by atoms with Crippen LogP contribution in [-0.2, 0) is 4.79 Å². The van der Waals surface area contributed by atoms with Gasteiger partial charge in [-0.2, -0.15) is 0 Å². The predicted octanol–water partition coefficient (Wildman–Crippen LogP) is 3.77. The van der Waals surface area contributed by atoms with Gasteiger partial charge >= 0.3 is 0 Å². The van der Waals surface area contributed by atoms with E-state index in [1.807, 2.05) is 48.7 Å². The van der Waals surface area contributed by atoms with Gasteiger partial charge in [-0.25, -0.2) is 0 Å². The highest BCUT2D eigenvalue weighted by Crippen LogP contribution is 2.30. The largest absolute Gasteiger partial charge is 0.316 e. The SMILES string of the molecule is N=C1NC(=O)C(=Cc2cn(-c3ccccc3)c3ccccc23)S1. The second-order valence-corrected chi connectivity index (χ2v) is 6.25. The third-order valence-electron chi connectivity index (χ3n) is 3.73. The second kappa shape index (κ2) is 5.44. The van der Waals surface area contributed by atoms with Crippen LogP contribution in [0, 0.1) is 5.41 Å². The topological polar surface area (TPSA) is 57.9 Å². The van der Waals surface area contributed by atoms with Crippen molar-refractivity contribution in [3.8, 4) is 5.69 Å². The normalized spacial score (nSPS) is 16.3. The van der Waals surface area contributed by atoms with Crippen LogP contribution in [0.25, 0.3) is 22.7 Å². The summed E-state index contributed by atoms with van der Waals surface area (Å²) in [6, 6.07) is 18.2. The summed E-state index contributed by atoms with van der Waals surface area (Å²) in [5.74, 6) is -0.212. The van der Waals surface area contributed by atoms with Crippen LogP contribution in [0.2, 0.25) is 0 Å². The number of carbonyl (C=O) groups is 1. The van der Waals surface area contributed by atoms with Crippen molar-refractivity contribution < 1.29 is 4.79 Å². The van der Waals surface area contributed by atoms with Crippen molar-refractivity contribution in [2.75, 3.05) is 0 Å². The molecule has 1 saturated heterocycles. The summed E-state index contributed by atoms with van der Waals surface area (Å²) in [5, 5.41) is 11.3. The Labute approximate surface area is 137 Å². The summed E-state index contributed by atoms with van der Waals surface area (Å²) < 4.78 is 2.12. The molecule has 1 amide bonds. The molecule has 4 nitrogen and oxygen atoms in total. The van der Waals surface area contributed by atoms with Crippen molar-refractivity contribution in [3.63, 3.8) is 0 Å². The highest BCUT2D eigenvalue weighted by molar-refractivity contribution is 8.18. The zero-order valence-corrected chi connectivity index (χ0v) is 12.9.